The molecule has 158 valence electrons. The fourth-order valence-corrected chi connectivity index (χ4v) is 5.76. The number of hydrogen-bond donors (Lipinski definition) is 3. The molecule has 0 amide bonds. The van der Waals surface area contributed by atoms with E-state index in [2.05, 4.69) is 15.6 Å². The third-order valence-corrected chi connectivity index (χ3v) is 7.02. The number of hydrogen-bond acceptors (Lipinski definition) is 4. The van der Waals surface area contributed by atoms with E-state index < -0.39 is 5.60 Å². The zero-order valence-corrected chi connectivity index (χ0v) is 19.7. The van der Waals surface area contributed by atoms with E-state index in [9.17, 15) is 5.11 Å². The molecule has 3 N–H and O–H groups in total. The lowest BCUT2D eigenvalue weighted by atomic mass is 9.54. The highest BCUT2D eigenvalue weighted by molar-refractivity contribution is 14.0. The first-order chi connectivity index (χ1) is 12.9. The molecule has 7 heteroatoms. The number of fused-ring (bicyclic) bond motifs is 2. The summed E-state index contributed by atoms with van der Waals surface area (Å²) in [5, 5.41) is 18.0. The number of aliphatic imine (C=N–C) groups is 1. The van der Waals surface area contributed by atoms with E-state index in [0.717, 1.165) is 36.1 Å². The summed E-state index contributed by atoms with van der Waals surface area (Å²) < 4.78 is 11.7. The van der Waals surface area contributed by atoms with Crippen LogP contribution in [0.3, 0.4) is 0 Å². The lowest BCUT2D eigenvalue weighted by Gasteiger charge is -2.57. The van der Waals surface area contributed by atoms with Crippen molar-refractivity contribution in [2.75, 3.05) is 20.2 Å². The van der Waals surface area contributed by atoms with Crippen molar-refractivity contribution in [3.8, 4) is 0 Å². The Hall–Kier alpha value is -0.800. The van der Waals surface area contributed by atoms with Gasteiger partial charge in [-0.2, -0.15) is 0 Å². The van der Waals surface area contributed by atoms with Crippen LogP contribution in [0, 0.1) is 25.2 Å². The maximum Gasteiger partial charge on any atom is 0.191 e. The summed E-state index contributed by atoms with van der Waals surface area (Å²) in [7, 11) is 1.79. The van der Waals surface area contributed by atoms with Crippen LogP contribution in [0.25, 0.3) is 0 Å². The zero-order valence-electron chi connectivity index (χ0n) is 17.4. The molecule has 28 heavy (non-hydrogen) atoms. The molecule has 6 nitrogen and oxygen atoms in total. The SMILES string of the molecule is CN=C(NCC(C)(O)c1cc(C)oc1C)NC1C2CCOC2C12CCCC2.I. The van der Waals surface area contributed by atoms with E-state index in [1.165, 1.54) is 25.7 Å². The summed E-state index contributed by atoms with van der Waals surface area (Å²) in [6.45, 7) is 6.86. The predicted molar refractivity (Wildman–Crippen MR) is 120 cm³/mol. The van der Waals surface area contributed by atoms with E-state index in [0.29, 0.717) is 24.6 Å². The molecule has 0 aromatic carbocycles. The van der Waals surface area contributed by atoms with Gasteiger partial charge < -0.3 is 24.9 Å². The molecule has 2 aliphatic carbocycles. The van der Waals surface area contributed by atoms with Gasteiger partial charge in [0, 0.05) is 36.6 Å². The zero-order chi connectivity index (χ0) is 19.2. The Balaban J connectivity index is 0.00000225. The average Bonchev–Trinajstić information content (AvgIpc) is 3.33. The van der Waals surface area contributed by atoms with Crippen LogP contribution in [0.4, 0.5) is 0 Å². The highest BCUT2D eigenvalue weighted by Gasteiger charge is 2.65. The van der Waals surface area contributed by atoms with Gasteiger partial charge in [0.2, 0.25) is 0 Å². The average molecular weight is 503 g/mol. The molecule has 4 unspecified atom stereocenters. The summed E-state index contributed by atoms with van der Waals surface area (Å²) in [5.74, 6) is 2.92. The first-order valence-corrected chi connectivity index (χ1v) is 10.3. The Morgan fingerprint density at radius 1 is 1.36 bits per heavy atom. The van der Waals surface area contributed by atoms with Gasteiger partial charge in [-0.05, 0) is 46.1 Å². The van der Waals surface area contributed by atoms with Crippen molar-refractivity contribution in [2.24, 2.45) is 16.3 Å². The smallest absolute Gasteiger partial charge is 0.191 e. The van der Waals surface area contributed by atoms with Crippen molar-refractivity contribution in [3.05, 3.63) is 23.2 Å². The molecule has 1 aliphatic heterocycles. The Kier molecular flexibility index (Phi) is 6.37. The second-order valence-electron chi connectivity index (χ2n) is 8.83. The van der Waals surface area contributed by atoms with Crippen LogP contribution >= 0.6 is 24.0 Å². The summed E-state index contributed by atoms with van der Waals surface area (Å²) in [5.41, 5.74) is 0.0750. The molecule has 4 rings (SSSR count). The number of rotatable bonds is 4. The summed E-state index contributed by atoms with van der Waals surface area (Å²) in [6, 6.07) is 2.33. The number of aliphatic hydroxyl groups is 1. The maximum atomic E-state index is 11.0. The normalized spacial score (nSPS) is 30.3. The second-order valence-corrected chi connectivity index (χ2v) is 8.83. The highest BCUT2D eigenvalue weighted by atomic mass is 127. The van der Waals surface area contributed by atoms with Gasteiger partial charge in [-0.15, -0.1) is 24.0 Å². The third-order valence-electron chi connectivity index (χ3n) is 7.02. The van der Waals surface area contributed by atoms with Gasteiger partial charge >= 0.3 is 0 Å². The number of guanidine groups is 1. The van der Waals surface area contributed by atoms with Gasteiger partial charge in [0.15, 0.2) is 5.96 Å². The van der Waals surface area contributed by atoms with Crippen LogP contribution in [0.5, 0.6) is 0 Å². The van der Waals surface area contributed by atoms with E-state index in [1.807, 2.05) is 26.8 Å². The fraction of sp³-hybridized carbons (Fsp3) is 0.762. The van der Waals surface area contributed by atoms with Crippen LogP contribution < -0.4 is 10.6 Å². The summed E-state index contributed by atoms with van der Waals surface area (Å²) >= 11 is 0. The van der Waals surface area contributed by atoms with E-state index >= 15 is 0 Å². The summed E-state index contributed by atoms with van der Waals surface area (Å²) in [6.07, 6.45) is 6.64. The monoisotopic (exact) mass is 503 g/mol. The van der Waals surface area contributed by atoms with Crippen molar-refractivity contribution in [1.82, 2.24) is 10.6 Å². The van der Waals surface area contributed by atoms with E-state index in [-0.39, 0.29) is 29.4 Å². The van der Waals surface area contributed by atoms with Crippen LogP contribution in [-0.4, -0.2) is 43.4 Å². The molecule has 4 atom stereocenters. The Bertz CT molecular complexity index is 724. The van der Waals surface area contributed by atoms with Crippen molar-refractivity contribution in [1.29, 1.82) is 0 Å². The lowest BCUT2D eigenvalue weighted by molar-refractivity contribution is -0.125. The van der Waals surface area contributed by atoms with Crippen LogP contribution in [-0.2, 0) is 10.3 Å². The number of ether oxygens (including phenoxy) is 1. The van der Waals surface area contributed by atoms with Crippen molar-refractivity contribution in [3.63, 3.8) is 0 Å². The Labute approximate surface area is 184 Å². The molecule has 1 aromatic heterocycles. The van der Waals surface area contributed by atoms with E-state index in [1.54, 1.807) is 7.05 Å². The molecule has 2 heterocycles. The van der Waals surface area contributed by atoms with Crippen molar-refractivity contribution < 1.29 is 14.3 Å². The van der Waals surface area contributed by atoms with Gasteiger partial charge in [-0.3, -0.25) is 4.99 Å². The maximum absolute atomic E-state index is 11.0. The van der Waals surface area contributed by atoms with Gasteiger partial charge in [0.25, 0.3) is 0 Å². The minimum atomic E-state index is -1.02. The molecule has 1 saturated heterocycles. The topological polar surface area (TPSA) is 79.0 Å². The van der Waals surface area contributed by atoms with Crippen LogP contribution in [0.1, 0.15) is 56.1 Å². The molecule has 0 bridgehead atoms. The largest absolute Gasteiger partial charge is 0.466 e. The molecular formula is C21H34IN3O3. The summed E-state index contributed by atoms with van der Waals surface area (Å²) in [4.78, 5) is 4.42. The van der Waals surface area contributed by atoms with Crippen molar-refractivity contribution >= 4 is 29.9 Å². The number of aryl methyl sites for hydroxylation is 2. The van der Waals surface area contributed by atoms with Crippen LogP contribution in [0.2, 0.25) is 0 Å². The number of nitrogens with one attached hydrogen (secondary N) is 2. The number of nitrogens with zero attached hydrogens (tertiary/aromatic N) is 1. The number of furan rings is 1. The minimum absolute atomic E-state index is 0. The van der Waals surface area contributed by atoms with Gasteiger partial charge in [-0.25, -0.2) is 0 Å². The quantitative estimate of drug-likeness (QED) is 0.334. The molecule has 1 spiro atoms. The molecule has 1 aromatic rings. The molecule has 0 radical (unpaired) electrons. The van der Waals surface area contributed by atoms with Gasteiger partial charge in [-0.1, -0.05) is 12.8 Å². The Morgan fingerprint density at radius 3 is 2.68 bits per heavy atom. The van der Waals surface area contributed by atoms with Gasteiger partial charge in [0.05, 0.1) is 12.6 Å². The highest BCUT2D eigenvalue weighted by Crippen LogP contribution is 2.60. The number of halogens is 1. The molecule has 3 aliphatic rings. The first-order valence-electron chi connectivity index (χ1n) is 10.3. The lowest BCUT2D eigenvalue weighted by Crippen LogP contribution is -2.69. The van der Waals surface area contributed by atoms with E-state index in [4.69, 9.17) is 9.15 Å². The third kappa shape index (κ3) is 3.58. The standard InChI is InChI=1S/C21H33N3O3.HI/c1-13-11-16(14(2)27-13)20(3,25)12-23-19(22-4)24-17-15-7-10-26-18(15)21(17)8-5-6-9-21;/h11,15,17-18,25H,5-10,12H2,1-4H3,(H2,22,23,24);1H. The van der Waals surface area contributed by atoms with Gasteiger partial charge in [0.1, 0.15) is 17.1 Å². The first kappa shape index (κ1) is 21.9. The molecular weight excluding hydrogens is 469 g/mol. The predicted octanol–water partition coefficient (Wildman–Crippen LogP) is 3.23. The van der Waals surface area contributed by atoms with Crippen LogP contribution in [0.15, 0.2) is 15.5 Å². The molecule has 2 saturated carbocycles. The fourth-order valence-electron chi connectivity index (χ4n) is 5.76. The van der Waals surface area contributed by atoms with Crippen molar-refractivity contribution in [2.45, 2.75) is 70.6 Å². The molecule has 3 fully saturated rings. The second kappa shape index (κ2) is 8.14. The minimum Gasteiger partial charge on any atom is -0.466 e. The Morgan fingerprint density at radius 2 is 2.07 bits per heavy atom.